The van der Waals surface area contributed by atoms with Gasteiger partial charge in [0.15, 0.2) is 0 Å². The molecule has 0 saturated carbocycles. The zero-order chi connectivity index (χ0) is 26.6. The van der Waals surface area contributed by atoms with Crippen molar-refractivity contribution in [3.8, 4) is 11.8 Å². The van der Waals surface area contributed by atoms with E-state index < -0.39 is 10.0 Å². The van der Waals surface area contributed by atoms with Crippen LogP contribution in [0.15, 0.2) is 29.3 Å². The third-order valence-electron chi connectivity index (χ3n) is 7.44. The van der Waals surface area contributed by atoms with Crippen LogP contribution in [0, 0.1) is 13.8 Å². The number of methoxy groups -OCH3 is 1. The third-order valence-corrected chi connectivity index (χ3v) is 9.60. The number of piperazine rings is 1. The summed E-state index contributed by atoms with van der Waals surface area (Å²) in [6.07, 6.45) is 4.18. The highest BCUT2D eigenvalue weighted by Gasteiger charge is 2.28. The highest BCUT2D eigenvalue weighted by molar-refractivity contribution is 7.89. The van der Waals surface area contributed by atoms with Gasteiger partial charge in [-0.1, -0.05) is 0 Å². The molecule has 0 radical (unpaired) electrons. The van der Waals surface area contributed by atoms with Crippen molar-refractivity contribution in [2.75, 3.05) is 78.5 Å². The molecule has 0 amide bonds. The molecule has 3 heterocycles. The molecule has 0 bridgehead atoms. The molecule has 10 nitrogen and oxygen atoms in total. The van der Waals surface area contributed by atoms with E-state index in [9.17, 15) is 8.42 Å². The molecule has 0 spiro atoms. The van der Waals surface area contributed by atoms with E-state index in [4.69, 9.17) is 9.47 Å². The number of likely N-dealkylation sites (tertiary alicyclic amines) is 1. The molecule has 0 aliphatic carbocycles. The molecular formula is C26H40N6O4S. The summed E-state index contributed by atoms with van der Waals surface area (Å²) in [6.45, 7) is 10.1. The maximum Gasteiger partial charge on any atom is 0.318 e. The summed E-state index contributed by atoms with van der Waals surface area (Å²) in [6, 6.07) is 6.32. The second-order valence-electron chi connectivity index (χ2n) is 10.0. The lowest BCUT2D eigenvalue weighted by molar-refractivity contribution is 0.115. The minimum Gasteiger partial charge on any atom is -0.497 e. The number of likely N-dealkylation sites (N-methyl/N-ethyl adjacent to an activating group) is 1. The maximum absolute atomic E-state index is 13.2. The Labute approximate surface area is 221 Å². The number of sulfonamides is 1. The normalized spacial score (nSPS) is 18.4. The predicted molar refractivity (Wildman–Crippen MR) is 144 cm³/mol. The van der Waals surface area contributed by atoms with Crippen molar-refractivity contribution in [2.45, 2.75) is 37.6 Å². The average Bonchev–Trinajstić information content (AvgIpc) is 2.88. The van der Waals surface area contributed by atoms with Gasteiger partial charge in [0, 0.05) is 52.0 Å². The molecule has 204 valence electrons. The molecule has 2 fully saturated rings. The van der Waals surface area contributed by atoms with E-state index in [0.29, 0.717) is 27.8 Å². The van der Waals surface area contributed by atoms with E-state index >= 15 is 0 Å². The molecule has 1 aromatic heterocycles. The van der Waals surface area contributed by atoms with Gasteiger partial charge in [-0.15, -0.1) is 0 Å². The Bertz CT molecular complexity index is 1140. The number of benzene rings is 1. The van der Waals surface area contributed by atoms with E-state index in [0.717, 1.165) is 32.0 Å². The van der Waals surface area contributed by atoms with E-state index in [1.165, 1.54) is 30.2 Å². The number of aromatic nitrogens is 2. The lowest BCUT2D eigenvalue weighted by atomic mass is 10.0. The molecule has 2 aromatic rings. The van der Waals surface area contributed by atoms with E-state index in [2.05, 4.69) is 31.7 Å². The van der Waals surface area contributed by atoms with Crippen molar-refractivity contribution in [3.05, 3.63) is 35.5 Å². The van der Waals surface area contributed by atoms with Gasteiger partial charge in [-0.3, -0.25) is 4.90 Å². The molecule has 0 N–H and O–H groups in total. The van der Waals surface area contributed by atoms with Gasteiger partial charge >= 0.3 is 6.01 Å². The van der Waals surface area contributed by atoms with Gasteiger partial charge in [-0.2, -0.15) is 9.29 Å². The lowest BCUT2D eigenvalue weighted by Gasteiger charge is -2.42. The Balaban J connectivity index is 1.30. The molecule has 1 aromatic carbocycles. The summed E-state index contributed by atoms with van der Waals surface area (Å²) >= 11 is 0. The van der Waals surface area contributed by atoms with E-state index in [1.807, 2.05) is 6.07 Å². The number of hydrogen-bond acceptors (Lipinski definition) is 9. The lowest BCUT2D eigenvalue weighted by Crippen LogP contribution is -2.53. The highest BCUT2D eigenvalue weighted by atomic mass is 32.2. The van der Waals surface area contributed by atoms with Crippen molar-refractivity contribution < 1.29 is 17.9 Å². The van der Waals surface area contributed by atoms with Gasteiger partial charge in [-0.25, -0.2) is 13.4 Å². The molecule has 37 heavy (non-hydrogen) atoms. The van der Waals surface area contributed by atoms with Gasteiger partial charge in [0.05, 0.1) is 12.0 Å². The van der Waals surface area contributed by atoms with Crippen LogP contribution in [0.3, 0.4) is 0 Å². The zero-order valence-electron chi connectivity index (χ0n) is 22.7. The number of nitrogens with zero attached hydrogens (tertiary/aromatic N) is 6. The summed E-state index contributed by atoms with van der Waals surface area (Å²) in [5.41, 5.74) is 1.30. The number of rotatable bonds is 9. The Morgan fingerprint density at radius 1 is 1.05 bits per heavy atom. The summed E-state index contributed by atoms with van der Waals surface area (Å²) in [5.74, 6) is 1.48. The first-order valence-corrected chi connectivity index (χ1v) is 14.4. The second kappa shape index (κ2) is 11.9. The Morgan fingerprint density at radius 3 is 2.32 bits per heavy atom. The van der Waals surface area contributed by atoms with Crippen LogP contribution in [0.1, 0.15) is 24.0 Å². The van der Waals surface area contributed by atoms with Crippen molar-refractivity contribution in [2.24, 2.45) is 0 Å². The standard InChI is InChI=1S/C26H40N6O4S/c1-20-18-23(35-5)19-21(2)25(20)37(33,34)30(4)16-17-36-26-27-9-6-24(28-26)32-14-12-31(13-15-32)22-7-10-29(3)11-8-22/h6,9,18-19,22H,7-8,10-17H2,1-5H3. The van der Waals surface area contributed by atoms with Crippen LogP contribution in [0.2, 0.25) is 0 Å². The van der Waals surface area contributed by atoms with Crippen LogP contribution in [0.5, 0.6) is 11.8 Å². The van der Waals surface area contributed by atoms with Gasteiger partial charge in [0.25, 0.3) is 0 Å². The third kappa shape index (κ3) is 6.51. The minimum absolute atomic E-state index is 0.150. The monoisotopic (exact) mass is 532 g/mol. The van der Waals surface area contributed by atoms with Crippen LogP contribution < -0.4 is 14.4 Å². The van der Waals surface area contributed by atoms with Crippen molar-refractivity contribution in [1.29, 1.82) is 0 Å². The van der Waals surface area contributed by atoms with Crippen molar-refractivity contribution in [3.63, 3.8) is 0 Å². The largest absolute Gasteiger partial charge is 0.497 e. The van der Waals surface area contributed by atoms with E-state index in [-0.39, 0.29) is 19.2 Å². The van der Waals surface area contributed by atoms with Crippen LogP contribution in [-0.2, 0) is 10.0 Å². The maximum atomic E-state index is 13.2. The number of piperidine rings is 1. The first kappa shape index (κ1) is 27.6. The zero-order valence-corrected chi connectivity index (χ0v) is 23.5. The molecule has 2 aliphatic heterocycles. The molecule has 2 aliphatic rings. The quantitative estimate of drug-likeness (QED) is 0.481. The predicted octanol–water partition coefficient (Wildman–Crippen LogP) is 2.02. The Kier molecular flexibility index (Phi) is 8.89. The SMILES string of the molecule is COc1cc(C)c(S(=O)(=O)N(C)CCOc2nccc(N3CCN(C4CCN(C)CC4)CC3)n2)c(C)c1. The topological polar surface area (TPSA) is 91.3 Å². The highest BCUT2D eigenvalue weighted by Crippen LogP contribution is 2.28. The molecule has 4 rings (SSSR count). The van der Waals surface area contributed by atoms with Crippen molar-refractivity contribution in [1.82, 2.24) is 24.1 Å². The second-order valence-corrected chi connectivity index (χ2v) is 12.0. The Morgan fingerprint density at radius 2 is 1.70 bits per heavy atom. The summed E-state index contributed by atoms with van der Waals surface area (Å²) in [4.78, 5) is 16.4. The minimum atomic E-state index is -3.68. The van der Waals surface area contributed by atoms with E-state index in [1.54, 1.807) is 46.3 Å². The van der Waals surface area contributed by atoms with Gasteiger partial charge < -0.3 is 19.3 Å². The van der Waals surface area contributed by atoms with Crippen LogP contribution in [-0.4, -0.2) is 112 Å². The summed E-state index contributed by atoms with van der Waals surface area (Å²) in [7, 11) is 1.64. The molecule has 11 heteroatoms. The van der Waals surface area contributed by atoms with Gasteiger partial charge in [0.1, 0.15) is 18.2 Å². The number of aryl methyl sites for hydroxylation is 2. The smallest absolute Gasteiger partial charge is 0.318 e. The summed E-state index contributed by atoms with van der Waals surface area (Å²) in [5, 5.41) is 0. The number of ether oxygens (including phenoxy) is 2. The first-order chi connectivity index (χ1) is 17.7. The van der Waals surface area contributed by atoms with Crippen LogP contribution in [0.4, 0.5) is 5.82 Å². The van der Waals surface area contributed by atoms with Gasteiger partial charge in [0.2, 0.25) is 10.0 Å². The molecule has 0 unspecified atom stereocenters. The number of anilines is 1. The first-order valence-electron chi connectivity index (χ1n) is 12.9. The molecular weight excluding hydrogens is 492 g/mol. The van der Waals surface area contributed by atoms with Crippen LogP contribution in [0.25, 0.3) is 0 Å². The fraction of sp³-hybridized carbons (Fsp3) is 0.615. The molecule has 0 atom stereocenters. The van der Waals surface area contributed by atoms with Crippen molar-refractivity contribution >= 4 is 15.8 Å². The average molecular weight is 533 g/mol. The molecule has 2 saturated heterocycles. The fourth-order valence-corrected chi connectivity index (χ4v) is 6.79. The van der Waals surface area contributed by atoms with Crippen LogP contribution >= 0.6 is 0 Å². The fourth-order valence-electron chi connectivity index (χ4n) is 5.23. The van der Waals surface area contributed by atoms with Gasteiger partial charge in [-0.05, 0) is 76.2 Å². The summed E-state index contributed by atoms with van der Waals surface area (Å²) < 4.78 is 38.8. The number of hydrogen-bond donors (Lipinski definition) is 0. The Hall–Kier alpha value is -2.47.